The van der Waals surface area contributed by atoms with Crippen LogP contribution in [0.5, 0.6) is 0 Å². The van der Waals surface area contributed by atoms with Crippen molar-refractivity contribution in [2.45, 2.75) is 13.1 Å². The Morgan fingerprint density at radius 1 is 1.43 bits per heavy atom. The molecule has 74 valence electrons. The number of ether oxygens (including phenoxy) is 1. The van der Waals surface area contributed by atoms with Crippen LogP contribution in [-0.4, -0.2) is 16.2 Å². The Hall–Kier alpha value is -0.620. The van der Waals surface area contributed by atoms with Gasteiger partial charge in [-0.3, -0.25) is 0 Å². The van der Waals surface area contributed by atoms with Crippen molar-refractivity contribution in [3.05, 3.63) is 34.9 Å². The van der Waals surface area contributed by atoms with Crippen molar-refractivity contribution in [2.24, 2.45) is 0 Å². The topological polar surface area (TPSA) is 29.5 Å². The third kappa shape index (κ3) is 1.76. The normalized spacial score (nSPS) is 15.3. The van der Waals surface area contributed by atoms with Gasteiger partial charge in [-0.2, -0.15) is 0 Å². The van der Waals surface area contributed by atoms with Crippen molar-refractivity contribution < 1.29 is 9.53 Å². The fraction of sp³-hybridized carbons (Fsp3) is 0.300. The molecule has 0 fully saturated rings. The summed E-state index contributed by atoms with van der Waals surface area (Å²) >= 11 is 2.28. The molecule has 4 heteroatoms. The molecule has 1 aliphatic heterocycles. The van der Waals surface area contributed by atoms with Crippen LogP contribution in [0.1, 0.15) is 21.5 Å². The first-order valence-corrected chi connectivity index (χ1v) is 5.28. The molecule has 1 aromatic carbocycles. The first kappa shape index (κ1) is 9.92. The summed E-state index contributed by atoms with van der Waals surface area (Å²) in [4.78, 5) is 11.3. The second kappa shape index (κ2) is 3.86. The van der Waals surface area contributed by atoms with Crippen LogP contribution < -0.4 is 0 Å². The van der Waals surface area contributed by atoms with Gasteiger partial charge in [-0.1, -0.05) is 6.07 Å². The molecule has 0 unspecified atom stereocenters. The van der Waals surface area contributed by atoms with Crippen LogP contribution in [0, 0.1) is 0 Å². The van der Waals surface area contributed by atoms with Gasteiger partial charge in [0, 0.05) is 36.0 Å². The molecule has 0 bridgehead atoms. The van der Waals surface area contributed by atoms with Crippen molar-refractivity contribution in [1.29, 1.82) is 0 Å². The van der Waals surface area contributed by atoms with Gasteiger partial charge in [0.2, 0.25) is 0 Å². The van der Waals surface area contributed by atoms with Crippen molar-refractivity contribution in [3.63, 3.8) is 0 Å². The molecule has 14 heavy (non-hydrogen) atoms. The van der Waals surface area contributed by atoms with Crippen molar-refractivity contribution in [1.82, 2.24) is 3.11 Å². The zero-order chi connectivity index (χ0) is 10.1. The molecule has 0 radical (unpaired) electrons. The highest BCUT2D eigenvalue weighted by Crippen LogP contribution is 2.26. The number of halogens is 1. The van der Waals surface area contributed by atoms with Crippen LogP contribution in [0.3, 0.4) is 0 Å². The van der Waals surface area contributed by atoms with Gasteiger partial charge in [-0.25, -0.2) is 7.91 Å². The minimum atomic E-state index is -0.264. The average Bonchev–Trinajstić information content (AvgIpc) is 2.55. The van der Waals surface area contributed by atoms with Crippen LogP contribution >= 0.6 is 22.9 Å². The molecule has 0 saturated carbocycles. The molecule has 2 rings (SSSR count). The Labute approximate surface area is 96.5 Å². The van der Waals surface area contributed by atoms with E-state index in [1.807, 2.05) is 18.2 Å². The Morgan fingerprint density at radius 2 is 2.14 bits per heavy atom. The molecule has 1 heterocycles. The molecule has 0 spiro atoms. The van der Waals surface area contributed by atoms with E-state index in [-0.39, 0.29) is 5.97 Å². The van der Waals surface area contributed by atoms with Crippen LogP contribution in [0.25, 0.3) is 0 Å². The van der Waals surface area contributed by atoms with Crippen LogP contribution in [0.4, 0.5) is 0 Å². The number of carbonyl (C=O) groups excluding carboxylic acids is 1. The zero-order valence-electron chi connectivity index (χ0n) is 7.79. The number of fused-ring (bicyclic) bond motifs is 1. The summed E-state index contributed by atoms with van der Waals surface area (Å²) in [6.45, 7) is 1.86. The largest absolute Gasteiger partial charge is 0.465 e. The Bertz CT molecular complexity index is 378. The molecule has 0 N–H and O–H groups in total. The minimum Gasteiger partial charge on any atom is -0.465 e. The number of nitrogens with zero attached hydrogens (tertiary/aromatic N) is 1. The highest BCUT2D eigenvalue weighted by molar-refractivity contribution is 14.1. The lowest BCUT2D eigenvalue weighted by atomic mass is 10.1. The summed E-state index contributed by atoms with van der Waals surface area (Å²) in [7, 11) is 1.40. The summed E-state index contributed by atoms with van der Waals surface area (Å²) in [6.07, 6.45) is 0. The summed E-state index contributed by atoms with van der Waals surface area (Å²) in [5, 5.41) is 0. The van der Waals surface area contributed by atoms with Gasteiger partial charge < -0.3 is 4.74 Å². The van der Waals surface area contributed by atoms with E-state index in [0.29, 0.717) is 5.56 Å². The monoisotopic (exact) mass is 303 g/mol. The molecular weight excluding hydrogens is 293 g/mol. The van der Waals surface area contributed by atoms with Crippen molar-refractivity contribution in [2.75, 3.05) is 7.11 Å². The fourth-order valence-corrected chi connectivity index (χ4v) is 2.33. The van der Waals surface area contributed by atoms with E-state index < -0.39 is 0 Å². The first-order valence-electron chi connectivity index (χ1n) is 4.31. The molecule has 0 saturated heterocycles. The van der Waals surface area contributed by atoms with E-state index in [1.165, 1.54) is 18.2 Å². The highest BCUT2D eigenvalue weighted by atomic mass is 127. The maximum absolute atomic E-state index is 11.3. The second-order valence-electron chi connectivity index (χ2n) is 3.25. The second-order valence-corrected chi connectivity index (χ2v) is 4.62. The highest BCUT2D eigenvalue weighted by Gasteiger charge is 2.18. The maximum Gasteiger partial charge on any atom is 0.337 e. The lowest BCUT2D eigenvalue weighted by molar-refractivity contribution is 0.0600. The Morgan fingerprint density at radius 3 is 2.86 bits per heavy atom. The molecule has 3 nitrogen and oxygen atoms in total. The van der Waals surface area contributed by atoms with E-state index in [4.69, 9.17) is 0 Å². The standard InChI is InChI=1S/C10H10INO2/c1-14-10(13)7-2-3-8-5-12(11)6-9(8)4-7/h2-4H,5-6H2,1H3. The number of carbonyl (C=O) groups is 1. The van der Waals surface area contributed by atoms with Gasteiger partial charge in [-0.15, -0.1) is 0 Å². The SMILES string of the molecule is COC(=O)c1ccc2c(c1)CN(I)C2. The lowest BCUT2D eigenvalue weighted by Crippen LogP contribution is -2.01. The van der Waals surface area contributed by atoms with E-state index in [1.54, 1.807) is 0 Å². The van der Waals surface area contributed by atoms with E-state index in [9.17, 15) is 4.79 Å². The Balaban J connectivity index is 2.33. The van der Waals surface area contributed by atoms with Gasteiger partial charge >= 0.3 is 5.97 Å². The summed E-state index contributed by atoms with van der Waals surface area (Å²) in [6, 6.07) is 5.74. The third-order valence-corrected chi connectivity index (χ3v) is 2.99. The van der Waals surface area contributed by atoms with E-state index in [0.717, 1.165) is 13.1 Å². The summed E-state index contributed by atoms with van der Waals surface area (Å²) in [5.74, 6) is -0.264. The molecule has 1 aromatic rings. The predicted molar refractivity (Wildman–Crippen MR) is 61.0 cm³/mol. The number of methoxy groups -OCH3 is 1. The fourth-order valence-electron chi connectivity index (χ4n) is 1.60. The van der Waals surface area contributed by atoms with Gasteiger partial charge in [0.15, 0.2) is 0 Å². The smallest absolute Gasteiger partial charge is 0.337 e. The van der Waals surface area contributed by atoms with Crippen LogP contribution in [0.2, 0.25) is 0 Å². The van der Waals surface area contributed by atoms with E-state index in [2.05, 4.69) is 30.7 Å². The molecule has 0 amide bonds. The van der Waals surface area contributed by atoms with Gasteiger partial charge in [0.25, 0.3) is 0 Å². The van der Waals surface area contributed by atoms with Crippen molar-refractivity contribution in [3.8, 4) is 0 Å². The average molecular weight is 303 g/mol. The number of hydrogen-bond acceptors (Lipinski definition) is 3. The number of benzene rings is 1. The molecule has 0 aliphatic carbocycles. The molecule has 1 aliphatic rings. The Kier molecular flexibility index (Phi) is 2.73. The van der Waals surface area contributed by atoms with Gasteiger partial charge in [0.05, 0.1) is 12.7 Å². The summed E-state index contributed by atoms with van der Waals surface area (Å²) < 4.78 is 6.85. The maximum atomic E-state index is 11.3. The molecule has 0 atom stereocenters. The number of rotatable bonds is 1. The summed E-state index contributed by atoms with van der Waals surface area (Å²) in [5.41, 5.74) is 3.16. The number of hydrogen-bond donors (Lipinski definition) is 0. The van der Waals surface area contributed by atoms with Crippen LogP contribution in [-0.2, 0) is 17.8 Å². The van der Waals surface area contributed by atoms with Crippen LogP contribution in [0.15, 0.2) is 18.2 Å². The quantitative estimate of drug-likeness (QED) is 0.452. The zero-order valence-corrected chi connectivity index (χ0v) is 9.95. The predicted octanol–water partition coefficient (Wildman–Crippen LogP) is 2.14. The van der Waals surface area contributed by atoms with Gasteiger partial charge in [0.1, 0.15) is 0 Å². The molecular formula is C10H10INO2. The first-order chi connectivity index (χ1) is 6.70. The molecule has 0 aromatic heterocycles. The minimum absolute atomic E-state index is 0.264. The third-order valence-electron chi connectivity index (χ3n) is 2.31. The van der Waals surface area contributed by atoms with E-state index >= 15 is 0 Å². The number of esters is 1. The van der Waals surface area contributed by atoms with Gasteiger partial charge in [-0.05, 0) is 23.3 Å². The lowest BCUT2D eigenvalue weighted by Gasteiger charge is -2.01. The van der Waals surface area contributed by atoms with Crippen molar-refractivity contribution >= 4 is 28.8 Å².